The van der Waals surface area contributed by atoms with Crippen LogP contribution in [-0.2, 0) is 21.5 Å². The van der Waals surface area contributed by atoms with Gasteiger partial charge in [-0.2, -0.15) is 10.1 Å². The van der Waals surface area contributed by atoms with Crippen molar-refractivity contribution in [2.24, 2.45) is 0 Å². The Kier molecular flexibility index (Phi) is 4.25. The van der Waals surface area contributed by atoms with Gasteiger partial charge in [0.25, 0.3) is 0 Å². The summed E-state index contributed by atoms with van der Waals surface area (Å²) in [5.74, 6) is -1.50. The molecule has 2 aliphatic rings. The molecule has 6 rings (SSSR count). The Morgan fingerprint density at radius 2 is 2.09 bits per heavy atom. The normalized spacial score (nSPS) is 18.5. The number of carbonyl (C=O) groups excluding carboxylic acids is 2. The average Bonchev–Trinajstić information content (AvgIpc) is 3.31. The number of aromatic nitrogens is 5. The van der Waals surface area contributed by atoms with Gasteiger partial charge in [0.15, 0.2) is 11.5 Å². The Labute approximate surface area is 190 Å². The Hall–Kier alpha value is -4.28. The molecule has 0 bridgehead atoms. The van der Waals surface area contributed by atoms with Gasteiger partial charge in [0.1, 0.15) is 34.3 Å². The van der Waals surface area contributed by atoms with Crippen molar-refractivity contribution >= 4 is 28.5 Å². The highest BCUT2D eigenvalue weighted by atomic mass is 19.1. The number of nitrogens with one attached hydrogen (secondary N) is 1. The quantitative estimate of drug-likeness (QED) is 0.464. The minimum Gasteiger partial charge on any atom is -0.477 e. The third-order valence-electron chi connectivity index (χ3n) is 6.28. The van der Waals surface area contributed by atoms with Gasteiger partial charge in [0.05, 0.1) is 30.3 Å². The first kappa shape index (κ1) is 20.3. The molecular formula is C23H16F2N6O3. The van der Waals surface area contributed by atoms with E-state index >= 15 is 0 Å². The molecule has 1 aromatic carbocycles. The monoisotopic (exact) mass is 462 g/mol. The van der Waals surface area contributed by atoms with Crippen molar-refractivity contribution in [2.75, 3.05) is 11.9 Å². The van der Waals surface area contributed by atoms with Crippen LogP contribution in [0.1, 0.15) is 24.5 Å². The summed E-state index contributed by atoms with van der Waals surface area (Å²) >= 11 is 0. The summed E-state index contributed by atoms with van der Waals surface area (Å²) in [5.41, 5.74) is -0.223. The molecule has 2 aliphatic heterocycles. The van der Waals surface area contributed by atoms with Crippen LogP contribution < -0.4 is 10.1 Å². The number of hydrogen-bond acceptors (Lipinski definition) is 7. The van der Waals surface area contributed by atoms with E-state index in [1.807, 2.05) is 0 Å². The Balaban J connectivity index is 1.54. The van der Waals surface area contributed by atoms with Crippen LogP contribution in [0.2, 0.25) is 0 Å². The molecule has 4 aromatic rings. The SMILES string of the molecule is CC(=O)C12CCOc3nc(-c4nn(Cc5ccccc5F)c5ncc(F)cc45)nc(c31)NC2=O. The standard InChI is InChI=1S/C23H16F2N6O3/c1-11(32)23-6-7-34-21-16(23)18(29-22(23)33)27-19(28-21)17-14-8-13(24)9-26-20(14)31(30-17)10-12-4-2-3-5-15(12)25/h2-5,8-9H,6-7,10H2,1H3,(H,27,28,29,33). The van der Waals surface area contributed by atoms with Gasteiger partial charge in [-0.3, -0.25) is 9.59 Å². The summed E-state index contributed by atoms with van der Waals surface area (Å²) < 4.78 is 35.5. The number of hydrogen-bond donors (Lipinski definition) is 1. The fraction of sp³-hybridized carbons (Fsp3) is 0.217. The summed E-state index contributed by atoms with van der Waals surface area (Å²) in [4.78, 5) is 38.3. The zero-order valence-corrected chi connectivity index (χ0v) is 17.8. The second kappa shape index (κ2) is 7.11. The second-order valence-electron chi connectivity index (χ2n) is 8.21. The summed E-state index contributed by atoms with van der Waals surface area (Å²) in [6.45, 7) is 1.51. The lowest BCUT2D eigenvalue weighted by Gasteiger charge is -2.29. The molecule has 1 atom stereocenters. The highest BCUT2D eigenvalue weighted by Crippen LogP contribution is 2.48. The van der Waals surface area contributed by atoms with Crippen LogP contribution in [0, 0.1) is 11.6 Å². The van der Waals surface area contributed by atoms with Crippen LogP contribution in [0.3, 0.4) is 0 Å². The fourth-order valence-corrected chi connectivity index (χ4v) is 4.60. The van der Waals surface area contributed by atoms with Crippen molar-refractivity contribution in [3.63, 3.8) is 0 Å². The Bertz CT molecular complexity index is 1530. The second-order valence-corrected chi connectivity index (χ2v) is 8.21. The largest absolute Gasteiger partial charge is 0.477 e. The maximum absolute atomic E-state index is 14.3. The zero-order valence-electron chi connectivity index (χ0n) is 17.8. The Morgan fingerprint density at radius 1 is 1.26 bits per heavy atom. The smallest absolute Gasteiger partial charge is 0.244 e. The number of carbonyl (C=O) groups is 2. The molecule has 170 valence electrons. The number of amides is 1. The van der Waals surface area contributed by atoms with Crippen molar-refractivity contribution in [2.45, 2.75) is 25.3 Å². The van der Waals surface area contributed by atoms with Gasteiger partial charge < -0.3 is 10.1 Å². The first-order valence-electron chi connectivity index (χ1n) is 10.5. The summed E-state index contributed by atoms with van der Waals surface area (Å²) in [6.07, 6.45) is 1.23. The summed E-state index contributed by atoms with van der Waals surface area (Å²) in [6, 6.07) is 7.48. The van der Waals surface area contributed by atoms with Crippen molar-refractivity contribution in [1.29, 1.82) is 0 Å². The van der Waals surface area contributed by atoms with Crippen molar-refractivity contribution in [1.82, 2.24) is 24.7 Å². The molecule has 9 nitrogen and oxygen atoms in total. The van der Waals surface area contributed by atoms with Crippen LogP contribution in [0.25, 0.3) is 22.6 Å². The molecular weight excluding hydrogens is 446 g/mol. The summed E-state index contributed by atoms with van der Waals surface area (Å²) in [7, 11) is 0. The molecule has 1 amide bonds. The topological polar surface area (TPSA) is 112 Å². The third-order valence-corrected chi connectivity index (χ3v) is 6.28. The van der Waals surface area contributed by atoms with Crippen molar-refractivity contribution < 1.29 is 23.1 Å². The van der Waals surface area contributed by atoms with Crippen LogP contribution >= 0.6 is 0 Å². The van der Waals surface area contributed by atoms with E-state index in [1.54, 1.807) is 18.2 Å². The Morgan fingerprint density at radius 3 is 2.88 bits per heavy atom. The van der Waals surface area contributed by atoms with E-state index < -0.39 is 23.0 Å². The van der Waals surface area contributed by atoms with Gasteiger partial charge in [-0.1, -0.05) is 18.2 Å². The van der Waals surface area contributed by atoms with E-state index in [9.17, 15) is 18.4 Å². The lowest BCUT2D eigenvalue weighted by Crippen LogP contribution is -2.44. The number of Topliss-reactive ketones (excluding diaryl/α,β-unsaturated/α-hetero) is 1. The number of halogens is 2. The van der Waals surface area contributed by atoms with Crippen LogP contribution in [0.5, 0.6) is 5.88 Å². The maximum atomic E-state index is 14.3. The molecule has 11 heteroatoms. The predicted octanol–water partition coefficient (Wildman–Crippen LogP) is 2.78. The maximum Gasteiger partial charge on any atom is 0.244 e. The molecule has 0 radical (unpaired) electrons. The van der Waals surface area contributed by atoms with Gasteiger partial charge in [0, 0.05) is 12.0 Å². The molecule has 3 aromatic heterocycles. The first-order chi connectivity index (χ1) is 16.4. The van der Waals surface area contributed by atoms with E-state index in [2.05, 4.69) is 25.4 Å². The number of ketones is 1. The molecule has 1 unspecified atom stereocenters. The van der Waals surface area contributed by atoms with Crippen LogP contribution in [0.15, 0.2) is 36.5 Å². The van der Waals surface area contributed by atoms with Gasteiger partial charge in [-0.05, 0) is 19.1 Å². The number of pyridine rings is 1. The van der Waals surface area contributed by atoms with E-state index in [-0.39, 0.29) is 48.6 Å². The first-order valence-corrected chi connectivity index (χ1v) is 10.5. The third kappa shape index (κ3) is 2.76. The molecule has 0 aliphatic carbocycles. The highest BCUT2D eigenvalue weighted by molar-refractivity contribution is 6.21. The molecule has 0 fully saturated rings. The number of benzene rings is 1. The molecule has 0 saturated carbocycles. The highest BCUT2D eigenvalue weighted by Gasteiger charge is 2.56. The van der Waals surface area contributed by atoms with Crippen LogP contribution in [-0.4, -0.2) is 43.0 Å². The fourth-order valence-electron chi connectivity index (χ4n) is 4.60. The zero-order chi connectivity index (χ0) is 23.6. The van der Waals surface area contributed by atoms with E-state index in [4.69, 9.17) is 4.74 Å². The minimum absolute atomic E-state index is 0.0420. The van der Waals surface area contributed by atoms with Gasteiger partial charge >= 0.3 is 0 Å². The number of ether oxygens (including phenoxy) is 1. The number of rotatable bonds is 4. The van der Waals surface area contributed by atoms with Gasteiger partial charge in [-0.25, -0.2) is 23.4 Å². The average molecular weight is 462 g/mol. The van der Waals surface area contributed by atoms with Crippen LogP contribution in [0.4, 0.5) is 14.6 Å². The number of nitrogens with zero attached hydrogens (tertiary/aromatic N) is 5. The van der Waals surface area contributed by atoms with E-state index in [0.29, 0.717) is 22.2 Å². The molecule has 1 N–H and O–H groups in total. The predicted molar refractivity (Wildman–Crippen MR) is 115 cm³/mol. The van der Waals surface area contributed by atoms with Crippen molar-refractivity contribution in [3.8, 4) is 17.4 Å². The summed E-state index contributed by atoms with van der Waals surface area (Å²) in [5, 5.41) is 7.47. The lowest BCUT2D eigenvalue weighted by molar-refractivity contribution is -0.133. The molecule has 0 spiro atoms. The molecule has 0 saturated heterocycles. The number of fused-ring (bicyclic) bond motifs is 1. The molecule has 34 heavy (non-hydrogen) atoms. The van der Waals surface area contributed by atoms with E-state index in [1.165, 1.54) is 23.7 Å². The molecule has 5 heterocycles. The van der Waals surface area contributed by atoms with Crippen molar-refractivity contribution in [3.05, 3.63) is 59.3 Å². The van der Waals surface area contributed by atoms with E-state index in [0.717, 1.165) is 6.20 Å². The minimum atomic E-state index is -1.39. The number of anilines is 1. The van der Waals surface area contributed by atoms with Gasteiger partial charge in [0.2, 0.25) is 11.8 Å². The van der Waals surface area contributed by atoms with Gasteiger partial charge in [-0.15, -0.1) is 0 Å². The lowest BCUT2D eigenvalue weighted by atomic mass is 9.75.